The molecule has 1 aromatic carbocycles. The number of anilines is 1. The summed E-state index contributed by atoms with van der Waals surface area (Å²) in [4.78, 5) is 24.8. The zero-order valence-corrected chi connectivity index (χ0v) is 13.5. The monoisotopic (exact) mass is 354 g/mol. The van der Waals surface area contributed by atoms with E-state index >= 15 is 0 Å². The van der Waals surface area contributed by atoms with E-state index in [2.05, 4.69) is 21.2 Å². The van der Waals surface area contributed by atoms with Crippen LogP contribution in [0.15, 0.2) is 22.7 Å². The fourth-order valence-corrected chi connectivity index (χ4v) is 2.97. The van der Waals surface area contributed by atoms with Crippen molar-refractivity contribution in [2.75, 3.05) is 18.4 Å². The Balaban J connectivity index is 1.99. The molecule has 1 aliphatic rings. The molecular weight excluding hydrogens is 336 g/mol. The molecule has 1 aliphatic heterocycles. The number of benzene rings is 1. The van der Waals surface area contributed by atoms with E-state index in [0.717, 1.165) is 28.6 Å². The van der Waals surface area contributed by atoms with Crippen LogP contribution in [-0.2, 0) is 4.79 Å². The summed E-state index contributed by atoms with van der Waals surface area (Å²) in [5.41, 5.74) is 1.75. The molecule has 1 atom stereocenters. The van der Waals surface area contributed by atoms with Crippen LogP contribution in [0.25, 0.3) is 0 Å². The molecule has 0 aromatic heterocycles. The number of carbonyl (C=O) groups is 2. The molecule has 2 rings (SSSR count). The molecule has 0 saturated carbocycles. The molecule has 0 bridgehead atoms. The Morgan fingerprint density at radius 2 is 2.24 bits per heavy atom. The van der Waals surface area contributed by atoms with Crippen LogP contribution in [0.5, 0.6) is 0 Å². The van der Waals surface area contributed by atoms with E-state index in [-0.39, 0.29) is 18.4 Å². The molecule has 0 aliphatic carbocycles. The number of urea groups is 1. The lowest BCUT2D eigenvalue weighted by atomic mass is 9.95. The largest absolute Gasteiger partial charge is 0.481 e. The van der Waals surface area contributed by atoms with E-state index in [4.69, 9.17) is 5.11 Å². The van der Waals surface area contributed by atoms with Crippen LogP contribution in [-0.4, -0.2) is 35.1 Å². The van der Waals surface area contributed by atoms with Gasteiger partial charge in [-0.25, -0.2) is 4.79 Å². The molecule has 114 valence electrons. The smallest absolute Gasteiger partial charge is 0.321 e. The van der Waals surface area contributed by atoms with Crippen LogP contribution in [0, 0.1) is 12.8 Å². The highest BCUT2D eigenvalue weighted by Crippen LogP contribution is 2.25. The normalized spacial score (nSPS) is 18.4. The number of halogens is 1. The van der Waals surface area contributed by atoms with E-state index in [9.17, 15) is 9.59 Å². The lowest BCUT2D eigenvalue weighted by molar-refractivity contribution is -0.138. The number of carboxylic acid groups (broad SMARTS) is 1. The summed E-state index contributed by atoms with van der Waals surface area (Å²) in [6.45, 7) is 3.11. The van der Waals surface area contributed by atoms with Crippen molar-refractivity contribution in [2.24, 2.45) is 5.92 Å². The molecule has 1 saturated heterocycles. The van der Waals surface area contributed by atoms with Crippen molar-refractivity contribution < 1.29 is 14.7 Å². The molecule has 2 N–H and O–H groups in total. The van der Waals surface area contributed by atoms with Crippen molar-refractivity contribution in [2.45, 2.75) is 26.2 Å². The average molecular weight is 355 g/mol. The van der Waals surface area contributed by atoms with E-state index in [1.54, 1.807) is 4.90 Å². The van der Waals surface area contributed by atoms with Crippen molar-refractivity contribution >= 4 is 33.6 Å². The van der Waals surface area contributed by atoms with Gasteiger partial charge in [-0.15, -0.1) is 0 Å². The maximum atomic E-state index is 12.3. The number of amides is 2. The third-order valence-corrected chi connectivity index (χ3v) is 4.64. The van der Waals surface area contributed by atoms with Crippen molar-refractivity contribution in [1.82, 2.24) is 4.90 Å². The van der Waals surface area contributed by atoms with Gasteiger partial charge in [-0.3, -0.25) is 4.79 Å². The number of nitrogens with zero attached hydrogens (tertiary/aromatic N) is 1. The molecular formula is C15H19BrN2O3. The first-order valence-corrected chi connectivity index (χ1v) is 7.79. The topological polar surface area (TPSA) is 69.6 Å². The Labute approximate surface area is 132 Å². The van der Waals surface area contributed by atoms with Crippen LogP contribution < -0.4 is 5.32 Å². The second kappa shape index (κ2) is 6.93. The maximum absolute atomic E-state index is 12.3. The van der Waals surface area contributed by atoms with Crippen molar-refractivity contribution in [3.05, 3.63) is 28.2 Å². The number of likely N-dealkylation sites (tertiary alicyclic amines) is 1. The lowest BCUT2D eigenvalue weighted by Crippen LogP contribution is -2.42. The molecule has 0 spiro atoms. The van der Waals surface area contributed by atoms with Gasteiger partial charge in [0.25, 0.3) is 0 Å². The first kappa shape index (κ1) is 15.8. The number of hydrogen-bond acceptors (Lipinski definition) is 2. The molecule has 5 nitrogen and oxygen atoms in total. The second-order valence-electron chi connectivity index (χ2n) is 5.39. The molecule has 0 radical (unpaired) electrons. The Hall–Kier alpha value is -1.56. The highest BCUT2D eigenvalue weighted by Gasteiger charge is 2.25. The minimum absolute atomic E-state index is 0.0469. The van der Waals surface area contributed by atoms with Gasteiger partial charge < -0.3 is 15.3 Å². The number of hydrogen-bond donors (Lipinski definition) is 2. The number of rotatable bonds is 3. The second-order valence-corrected chi connectivity index (χ2v) is 6.25. The number of aliphatic carboxylic acids is 1. The third kappa shape index (κ3) is 4.20. The van der Waals surface area contributed by atoms with Crippen molar-refractivity contribution in [3.63, 3.8) is 0 Å². The summed E-state index contributed by atoms with van der Waals surface area (Å²) >= 11 is 3.44. The summed E-state index contributed by atoms with van der Waals surface area (Å²) in [6.07, 6.45) is 1.84. The van der Waals surface area contributed by atoms with Gasteiger partial charge in [-0.05, 0) is 43.4 Å². The summed E-state index contributed by atoms with van der Waals surface area (Å²) in [5.74, 6) is -0.754. The van der Waals surface area contributed by atoms with Gasteiger partial charge in [0.05, 0.1) is 0 Å². The molecule has 1 aromatic rings. The minimum atomic E-state index is -0.801. The quantitative estimate of drug-likeness (QED) is 0.872. The standard InChI is InChI=1S/C15H19BrN2O3/c1-10-12(16)5-2-6-13(10)17-15(21)18-7-3-4-11(9-18)8-14(19)20/h2,5-6,11H,3-4,7-9H2,1H3,(H,17,21)(H,19,20). The maximum Gasteiger partial charge on any atom is 0.321 e. The zero-order chi connectivity index (χ0) is 15.4. The number of nitrogens with one attached hydrogen (secondary N) is 1. The lowest BCUT2D eigenvalue weighted by Gasteiger charge is -2.32. The van der Waals surface area contributed by atoms with E-state index < -0.39 is 5.97 Å². The SMILES string of the molecule is Cc1c(Br)cccc1NC(=O)N1CCCC(CC(=O)O)C1. The zero-order valence-electron chi connectivity index (χ0n) is 11.9. The van der Waals surface area contributed by atoms with Crippen LogP contribution in [0.3, 0.4) is 0 Å². The van der Waals surface area contributed by atoms with E-state index in [0.29, 0.717) is 13.1 Å². The van der Waals surface area contributed by atoms with Gasteiger partial charge >= 0.3 is 12.0 Å². The van der Waals surface area contributed by atoms with Crippen LogP contribution in [0.1, 0.15) is 24.8 Å². The van der Waals surface area contributed by atoms with Crippen LogP contribution >= 0.6 is 15.9 Å². The highest BCUT2D eigenvalue weighted by molar-refractivity contribution is 9.10. The third-order valence-electron chi connectivity index (χ3n) is 3.78. The number of carbonyl (C=O) groups excluding carboxylic acids is 1. The van der Waals surface area contributed by atoms with Crippen LogP contribution in [0.2, 0.25) is 0 Å². The van der Waals surface area contributed by atoms with Crippen molar-refractivity contribution in [3.8, 4) is 0 Å². The Morgan fingerprint density at radius 3 is 2.95 bits per heavy atom. The fourth-order valence-electron chi connectivity index (χ4n) is 2.60. The van der Waals surface area contributed by atoms with E-state index in [1.807, 2.05) is 25.1 Å². The first-order valence-electron chi connectivity index (χ1n) is 7.00. The summed E-state index contributed by atoms with van der Waals surface area (Å²) in [5, 5.41) is 11.8. The molecule has 1 heterocycles. The predicted octanol–water partition coefficient (Wildman–Crippen LogP) is 3.48. The summed E-state index contributed by atoms with van der Waals surface area (Å²) in [7, 11) is 0. The van der Waals surface area contributed by atoms with Crippen molar-refractivity contribution in [1.29, 1.82) is 0 Å². The number of piperidine rings is 1. The summed E-state index contributed by atoms with van der Waals surface area (Å²) in [6, 6.07) is 5.49. The Kier molecular flexibility index (Phi) is 5.22. The molecule has 1 fully saturated rings. The van der Waals surface area contributed by atoms with Crippen LogP contribution in [0.4, 0.5) is 10.5 Å². The predicted molar refractivity (Wildman–Crippen MR) is 84.4 cm³/mol. The number of carboxylic acids is 1. The van der Waals surface area contributed by atoms with Gasteiger partial charge in [0.15, 0.2) is 0 Å². The Bertz CT molecular complexity index is 548. The highest BCUT2D eigenvalue weighted by atomic mass is 79.9. The molecule has 21 heavy (non-hydrogen) atoms. The molecule has 1 unspecified atom stereocenters. The van der Waals surface area contributed by atoms with Gasteiger partial charge in [0.1, 0.15) is 0 Å². The Morgan fingerprint density at radius 1 is 1.48 bits per heavy atom. The van der Waals surface area contributed by atoms with Gasteiger partial charge in [-0.2, -0.15) is 0 Å². The van der Waals surface area contributed by atoms with Gasteiger partial charge in [0.2, 0.25) is 0 Å². The average Bonchev–Trinajstić information content (AvgIpc) is 2.43. The van der Waals surface area contributed by atoms with E-state index in [1.165, 1.54) is 0 Å². The fraction of sp³-hybridized carbons (Fsp3) is 0.467. The molecule has 6 heteroatoms. The first-order chi connectivity index (χ1) is 9.97. The van der Waals surface area contributed by atoms with Gasteiger partial charge in [0, 0.05) is 29.7 Å². The molecule has 2 amide bonds. The van der Waals surface area contributed by atoms with Gasteiger partial charge in [-0.1, -0.05) is 22.0 Å². The summed E-state index contributed by atoms with van der Waals surface area (Å²) < 4.78 is 0.947. The minimum Gasteiger partial charge on any atom is -0.481 e.